The Bertz CT molecular complexity index is 810. The zero-order valence-electron chi connectivity index (χ0n) is 15.4. The number of carbonyl (C=O) groups excluding carboxylic acids is 1. The van der Waals surface area contributed by atoms with E-state index in [0.29, 0.717) is 32.8 Å². The van der Waals surface area contributed by atoms with Crippen LogP contribution in [-0.2, 0) is 11.3 Å². The second-order valence-corrected chi connectivity index (χ2v) is 7.01. The van der Waals surface area contributed by atoms with Crippen molar-refractivity contribution in [3.05, 3.63) is 54.1 Å². The fourth-order valence-corrected chi connectivity index (χ4v) is 3.44. The first-order chi connectivity index (χ1) is 13.2. The summed E-state index contributed by atoms with van der Waals surface area (Å²) in [6, 6.07) is 15.6. The summed E-state index contributed by atoms with van der Waals surface area (Å²) in [5.41, 5.74) is 1.11. The highest BCUT2D eigenvalue weighted by Gasteiger charge is 2.24. The van der Waals surface area contributed by atoms with E-state index in [-0.39, 0.29) is 18.1 Å². The van der Waals surface area contributed by atoms with Crippen LogP contribution in [0.1, 0.15) is 12.5 Å². The third kappa shape index (κ3) is 4.34. The Labute approximate surface area is 159 Å². The van der Waals surface area contributed by atoms with Crippen LogP contribution >= 0.6 is 0 Å². The Hall–Kier alpha value is -2.73. The Morgan fingerprint density at radius 1 is 1.07 bits per heavy atom. The molecule has 1 amide bonds. The Balaban J connectivity index is 1.30. The van der Waals surface area contributed by atoms with Crippen LogP contribution in [0.5, 0.6) is 17.2 Å². The highest BCUT2D eigenvalue weighted by Crippen LogP contribution is 2.30. The monoisotopic (exact) mass is 368 g/mol. The molecule has 0 bridgehead atoms. The van der Waals surface area contributed by atoms with Gasteiger partial charge in [0.05, 0.1) is 13.1 Å². The summed E-state index contributed by atoms with van der Waals surface area (Å²) < 4.78 is 17.5. The lowest BCUT2D eigenvalue weighted by molar-refractivity contribution is -0.123. The van der Waals surface area contributed by atoms with Gasteiger partial charge in [-0.1, -0.05) is 30.3 Å². The van der Waals surface area contributed by atoms with Crippen LogP contribution in [0.2, 0.25) is 0 Å². The number of carbonyl (C=O) groups is 1. The number of nitrogens with one attached hydrogen (secondary N) is 1. The maximum atomic E-state index is 12.4. The zero-order valence-corrected chi connectivity index (χ0v) is 15.4. The van der Waals surface area contributed by atoms with Gasteiger partial charge in [0.15, 0.2) is 11.5 Å². The summed E-state index contributed by atoms with van der Waals surface area (Å²) in [5.74, 6) is 2.35. The van der Waals surface area contributed by atoms with Crippen LogP contribution in [0.25, 0.3) is 0 Å². The summed E-state index contributed by atoms with van der Waals surface area (Å²) in [6.45, 7) is 4.61. The third-order valence-electron chi connectivity index (χ3n) is 4.67. The smallest absolute Gasteiger partial charge is 0.234 e. The topological polar surface area (TPSA) is 60.0 Å². The van der Waals surface area contributed by atoms with E-state index in [1.54, 1.807) is 0 Å². The van der Waals surface area contributed by atoms with Gasteiger partial charge in [-0.05, 0) is 25.1 Å². The van der Waals surface area contributed by atoms with Crippen LogP contribution in [-0.4, -0.2) is 49.3 Å². The van der Waals surface area contributed by atoms with Crippen LogP contribution in [0, 0.1) is 0 Å². The van der Waals surface area contributed by atoms with Crippen LogP contribution in [0.4, 0.5) is 0 Å². The fourth-order valence-electron chi connectivity index (χ4n) is 3.44. The van der Waals surface area contributed by atoms with Crippen molar-refractivity contribution >= 4 is 5.91 Å². The second kappa shape index (κ2) is 7.88. The number of hydrogen-bond acceptors (Lipinski definition) is 5. The minimum atomic E-state index is -0.184. The van der Waals surface area contributed by atoms with Gasteiger partial charge in [-0.25, -0.2) is 0 Å². The van der Waals surface area contributed by atoms with Gasteiger partial charge >= 0.3 is 0 Å². The van der Waals surface area contributed by atoms with Gasteiger partial charge in [0.2, 0.25) is 5.91 Å². The molecule has 2 aliphatic rings. The minimum absolute atomic E-state index is 0.0240. The van der Waals surface area contributed by atoms with E-state index in [1.807, 2.05) is 55.5 Å². The lowest BCUT2D eigenvalue weighted by Gasteiger charge is -2.27. The molecule has 2 heterocycles. The molecule has 2 atom stereocenters. The highest BCUT2D eigenvalue weighted by molar-refractivity contribution is 5.78. The number of nitrogens with zero attached hydrogens (tertiary/aromatic N) is 1. The van der Waals surface area contributed by atoms with Crippen LogP contribution < -0.4 is 19.5 Å². The lowest BCUT2D eigenvalue weighted by Crippen LogP contribution is -2.45. The molecular formula is C21H24N2O4. The van der Waals surface area contributed by atoms with Gasteiger partial charge in [0, 0.05) is 18.7 Å². The Kier molecular flexibility index (Phi) is 5.16. The molecule has 142 valence electrons. The second-order valence-electron chi connectivity index (χ2n) is 7.01. The number of ether oxygens (including phenoxy) is 3. The van der Waals surface area contributed by atoms with Crippen molar-refractivity contribution < 1.29 is 19.0 Å². The molecule has 4 rings (SSSR count). The molecule has 0 saturated heterocycles. The maximum Gasteiger partial charge on any atom is 0.234 e. The quantitative estimate of drug-likeness (QED) is 0.897. The molecule has 0 fully saturated rings. The van der Waals surface area contributed by atoms with Crippen LogP contribution in [0.15, 0.2) is 48.5 Å². The van der Waals surface area contributed by atoms with E-state index >= 15 is 0 Å². The number of amides is 1. The van der Waals surface area contributed by atoms with Gasteiger partial charge in [-0.15, -0.1) is 0 Å². The number of benzene rings is 2. The molecular weight excluding hydrogens is 344 g/mol. The Morgan fingerprint density at radius 3 is 2.67 bits per heavy atom. The molecule has 0 saturated carbocycles. The van der Waals surface area contributed by atoms with Crippen molar-refractivity contribution in [3.8, 4) is 17.2 Å². The summed E-state index contributed by atoms with van der Waals surface area (Å²) in [5, 5.41) is 2.96. The highest BCUT2D eigenvalue weighted by atomic mass is 16.6. The Morgan fingerprint density at radius 2 is 1.81 bits per heavy atom. The third-order valence-corrected chi connectivity index (χ3v) is 4.67. The standard InChI is InChI=1S/C21H24N2O4/c1-15-11-23(12-16-6-2-3-7-18(16)26-15)13-21(24)22-10-17-14-25-19-8-4-5-9-20(19)27-17/h2-9,15,17H,10-14H2,1H3,(H,22,24)/t15-,17-/m0/s1. The van der Waals surface area contributed by atoms with E-state index in [9.17, 15) is 4.79 Å². The van der Waals surface area contributed by atoms with E-state index in [2.05, 4.69) is 10.2 Å². The molecule has 0 aliphatic carbocycles. The molecule has 27 heavy (non-hydrogen) atoms. The predicted molar refractivity (Wildman–Crippen MR) is 101 cm³/mol. The van der Waals surface area contributed by atoms with E-state index in [1.165, 1.54) is 0 Å². The zero-order chi connectivity index (χ0) is 18.6. The van der Waals surface area contributed by atoms with Gasteiger partial charge in [0.25, 0.3) is 0 Å². The van der Waals surface area contributed by atoms with Crippen molar-refractivity contribution in [2.75, 3.05) is 26.2 Å². The molecule has 0 unspecified atom stereocenters. The van der Waals surface area contributed by atoms with Gasteiger partial charge in [0.1, 0.15) is 24.6 Å². The van der Waals surface area contributed by atoms with Crippen molar-refractivity contribution in [1.29, 1.82) is 0 Å². The number of para-hydroxylation sites is 3. The summed E-state index contributed by atoms with van der Waals surface area (Å²) in [7, 11) is 0. The van der Waals surface area contributed by atoms with E-state index < -0.39 is 0 Å². The fraction of sp³-hybridized carbons (Fsp3) is 0.381. The van der Waals surface area contributed by atoms with Gasteiger partial charge < -0.3 is 19.5 Å². The average molecular weight is 368 g/mol. The summed E-state index contributed by atoms with van der Waals surface area (Å²) in [4.78, 5) is 14.6. The van der Waals surface area contributed by atoms with Crippen molar-refractivity contribution in [2.24, 2.45) is 0 Å². The van der Waals surface area contributed by atoms with Gasteiger partial charge in [-0.2, -0.15) is 0 Å². The molecule has 2 aromatic rings. The summed E-state index contributed by atoms with van der Waals surface area (Å²) >= 11 is 0. The minimum Gasteiger partial charge on any atom is -0.489 e. The molecule has 0 spiro atoms. The SMILES string of the molecule is C[C@H]1CN(CC(=O)NC[C@H]2COc3ccccc3O2)Cc2ccccc2O1. The van der Waals surface area contributed by atoms with Crippen molar-refractivity contribution in [2.45, 2.75) is 25.7 Å². The molecule has 6 heteroatoms. The molecule has 2 aromatic carbocycles. The van der Waals surface area contributed by atoms with E-state index in [4.69, 9.17) is 14.2 Å². The molecule has 0 radical (unpaired) electrons. The first-order valence-corrected chi connectivity index (χ1v) is 9.29. The first kappa shape index (κ1) is 17.7. The van der Waals surface area contributed by atoms with Gasteiger partial charge in [-0.3, -0.25) is 9.69 Å². The number of fused-ring (bicyclic) bond motifs is 2. The molecule has 1 N–H and O–H groups in total. The van der Waals surface area contributed by atoms with Crippen molar-refractivity contribution in [1.82, 2.24) is 10.2 Å². The predicted octanol–water partition coefficient (Wildman–Crippen LogP) is 2.23. The summed E-state index contributed by atoms with van der Waals surface area (Å²) in [6.07, 6.45) is -0.149. The molecule has 0 aromatic heterocycles. The van der Waals surface area contributed by atoms with Crippen molar-refractivity contribution in [3.63, 3.8) is 0 Å². The normalized spacial score (nSPS) is 21.5. The number of hydrogen-bond donors (Lipinski definition) is 1. The number of rotatable bonds is 4. The van der Waals surface area contributed by atoms with E-state index in [0.717, 1.165) is 22.8 Å². The average Bonchev–Trinajstić information content (AvgIpc) is 2.83. The van der Waals surface area contributed by atoms with Crippen LogP contribution in [0.3, 0.4) is 0 Å². The maximum absolute atomic E-state index is 12.4. The molecule has 6 nitrogen and oxygen atoms in total. The molecule has 2 aliphatic heterocycles. The largest absolute Gasteiger partial charge is 0.489 e. The lowest BCUT2D eigenvalue weighted by atomic mass is 10.2. The first-order valence-electron chi connectivity index (χ1n) is 9.29.